The van der Waals surface area contributed by atoms with Gasteiger partial charge in [0.05, 0.1) is 0 Å². The number of hydrogen-bond donors (Lipinski definition) is 3. The van der Waals surface area contributed by atoms with Crippen LogP contribution in [0, 0.1) is 0 Å². The van der Waals surface area contributed by atoms with E-state index in [1.54, 1.807) is 0 Å². The predicted octanol–water partition coefficient (Wildman–Crippen LogP) is 0.867. The zero-order valence-corrected chi connectivity index (χ0v) is 11.7. The third-order valence-corrected chi connectivity index (χ3v) is 3.89. The normalized spacial score (nSPS) is 19.5. The van der Waals surface area contributed by atoms with Crippen molar-refractivity contribution in [3.8, 4) is 0 Å². The van der Waals surface area contributed by atoms with E-state index < -0.39 is 6.04 Å². The molecule has 1 atom stereocenters. The number of halogens is 1. The van der Waals surface area contributed by atoms with E-state index in [1.807, 2.05) is 13.8 Å². The van der Waals surface area contributed by atoms with E-state index in [0.29, 0.717) is 12.3 Å². The molecule has 2 amide bonds. The molecule has 0 aromatic heterocycles. The molecule has 7 heteroatoms. The molecule has 1 fully saturated rings. The van der Waals surface area contributed by atoms with E-state index in [2.05, 4.69) is 10.6 Å². The standard InChI is InChI=1S/C10H19N3O2S.ClH/c1-3-10(11,4-2)6-12-8(14)7-5-16-9(15)13-7;/h7H,3-6,11H2,1-2H3,(H,12,14)(H,13,15);1H/t7-;/m0./s1. The fraction of sp³-hybridized carbons (Fsp3) is 0.800. The van der Waals surface area contributed by atoms with Crippen LogP contribution in [0.3, 0.4) is 0 Å². The second-order valence-corrected chi connectivity index (χ2v) is 5.08. The van der Waals surface area contributed by atoms with Crippen molar-refractivity contribution >= 4 is 35.3 Å². The molecule has 0 saturated carbocycles. The van der Waals surface area contributed by atoms with Crippen molar-refractivity contribution in [2.75, 3.05) is 12.3 Å². The van der Waals surface area contributed by atoms with Crippen molar-refractivity contribution in [1.82, 2.24) is 10.6 Å². The second-order valence-electron chi connectivity index (χ2n) is 4.08. The minimum absolute atomic E-state index is 0. The summed E-state index contributed by atoms with van der Waals surface area (Å²) in [5.41, 5.74) is 5.72. The lowest BCUT2D eigenvalue weighted by Gasteiger charge is -2.27. The first-order chi connectivity index (χ1) is 7.50. The highest BCUT2D eigenvalue weighted by Crippen LogP contribution is 2.14. The summed E-state index contributed by atoms with van der Waals surface area (Å²) in [4.78, 5) is 22.6. The van der Waals surface area contributed by atoms with Gasteiger partial charge in [0.15, 0.2) is 0 Å². The largest absolute Gasteiger partial charge is 0.352 e. The summed E-state index contributed by atoms with van der Waals surface area (Å²) in [6, 6.07) is -0.407. The summed E-state index contributed by atoms with van der Waals surface area (Å²) in [6.07, 6.45) is 1.63. The highest BCUT2D eigenvalue weighted by Gasteiger charge is 2.29. The van der Waals surface area contributed by atoms with E-state index in [1.165, 1.54) is 0 Å². The maximum Gasteiger partial charge on any atom is 0.279 e. The lowest BCUT2D eigenvalue weighted by Crippen LogP contribution is -2.52. The summed E-state index contributed by atoms with van der Waals surface area (Å²) in [6.45, 7) is 4.46. The first-order valence-electron chi connectivity index (χ1n) is 5.50. The molecule has 0 bridgehead atoms. The summed E-state index contributed by atoms with van der Waals surface area (Å²) in [5, 5.41) is 5.26. The number of nitrogens with one attached hydrogen (secondary N) is 2. The number of hydrogen-bond acceptors (Lipinski definition) is 4. The fourth-order valence-electron chi connectivity index (χ4n) is 1.41. The predicted molar refractivity (Wildman–Crippen MR) is 72.5 cm³/mol. The van der Waals surface area contributed by atoms with Gasteiger partial charge >= 0.3 is 0 Å². The lowest BCUT2D eigenvalue weighted by atomic mass is 9.94. The maximum absolute atomic E-state index is 11.7. The number of carbonyl (C=O) groups excluding carboxylic acids is 2. The Hall–Kier alpha value is -0.460. The molecule has 1 aliphatic heterocycles. The van der Waals surface area contributed by atoms with Crippen LogP contribution < -0.4 is 16.4 Å². The maximum atomic E-state index is 11.7. The molecule has 1 aliphatic rings. The average molecular weight is 282 g/mol. The molecule has 1 saturated heterocycles. The molecule has 0 aromatic carbocycles. The Kier molecular flexibility index (Phi) is 6.89. The molecular weight excluding hydrogens is 262 g/mol. The second kappa shape index (κ2) is 7.08. The van der Waals surface area contributed by atoms with Crippen LogP contribution in [0.4, 0.5) is 4.79 Å². The van der Waals surface area contributed by atoms with Crippen LogP contribution in [0.1, 0.15) is 26.7 Å². The smallest absolute Gasteiger partial charge is 0.279 e. The van der Waals surface area contributed by atoms with Crippen molar-refractivity contribution in [3.05, 3.63) is 0 Å². The van der Waals surface area contributed by atoms with E-state index >= 15 is 0 Å². The van der Waals surface area contributed by atoms with E-state index in [9.17, 15) is 9.59 Å². The fourth-order valence-corrected chi connectivity index (χ4v) is 2.19. The molecule has 0 aromatic rings. The van der Waals surface area contributed by atoms with E-state index in [-0.39, 0.29) is 29.1 Å². The van der Waals surface area contributed by atoms with Crippen molar-refractivity contribution in [1.29, 1.82) is 0 Å². The average Bonchev–Trinajstić information content (AvgIpc) is 2.72. The van der Waals surface area contributed by atoms with Gasteiger partial charge in [-0.1, -0.05) is 25.6 Å². The third-order valence-electron chi connectivity index (χ3n) is 3.01. The number of rotatable bonds is 5. The Labute approximate surface area is 112 Å². The van der Waals surface area contributed by atoms with Crippen LogP contribution in [0.5, 0.6) is 0 Å². The summed E-state index contributed by atoms with van der Waals surface area (Å²) >= 11 is 1.14. The molecule has 5 nitrogen and oxygen atoms in total. The first-order valence-corrected chi connectivity index (χ1v) is 6.49. The van der Waals surface area contributed by atoms with Crippen LogP contribution >= 0.6 is 24.2 Å². The molecule has 1 rings (SSSR count). The van der Waals surface area contributed by atoms with Crippen molar-refractivity contribution in [2.45, 2.75) is 38.3 Å². The summed E-state index contributed by atoms with van der Waals surface area (Å²) < 4.78 is 0. The van der Waals surface area contributed by atoms with Crippen molar-refractivity contribution in [2.24, 2.45) is 5.73 Å². The van der Waals surface area contributed by atoms with E-state index in [4.69, 9.17) is 5.73 Å². The number of amides is 2. The highest BCUT2D eigenvalue weighted by molar-refractivity contribution is 8.14. The Morgan fingerprint density at radius 1 is 1.59 bits per heavy atom. The van der Waals surface area contributed by atoms with Crippen LogP contribution in [-0.4, -0.2) is 35.0 Å². The van der Waals surface area contributed by atoms with Crippen LogP contribution in [0.25, 0.3) is 0 Å². The van der Waals surface area contributed by atoms with Crippen molar-refractivity contribution in [3.63, 3.8) is 0 Å². The molecule has 100 valence electrons. The monoisotopic (exact) mass is 281 g/mol. The van der Waals surface area contributed by atoms with Crippen LogP contribution in [0.15, 0.2) is 0 Å². The molecule has 0 aliphatic carbocycles. The minimum Gasteiger partial charge on any atom is -0.352 e. The van der Waals surface area contributed by atoms with Crippen LogP contribution in [0.2, 0.25) is 0 Å². The molecule has 0 spiro atoms. The summed E-state index contributed by atoms with van der Waals surface area (Å²) in [5.74, 6) is 0.357. The van der Waals surface area contributed by atoms with Gasteiger partial charge < -0.3 is 16.4 Å². The Bertz CT molecular complexity index is 285. The van der Waals surface area contributed by atoms with Gasteiger partial charge in [-0.3, -0.25) is 9.59 Å². The molecule has 1 heterocycles. The van der Waals surface area contributed by atoms with Crippen LogP contribution in [-0.2, 0) is 4.79 Å². The van der Waals surface area contributed by atoms with Gasteiger partial charge in [0.25, 0.3) is 5.24 Å². The van der Waals surface area contributed by atoms with Gasteiger partial charge in [-0.25, -0.2) is 0 Å². The topological polar surface area (TPSA) is 84.2 Å². The van der Waals surface area contributed by atoms with Gasteiger partial charge in [0, 0.05) is 17.8 Å². The molecule has 4 N–H and O–H groups in total. The number of carbonyl (C=O) groups is 2. The first kappa shape index (κ1) is 16.5. The quantitative estimate of drug-likeness (QED) is 0.698. The molecule has 0 radical (unpaired) electrons. The zero-order chi connectivity index (χ0) is 12.2. The molecule has 17 heavy (non-hydrogen) atoms. The van der Waals surface area contributed by atoms with Crippen molar-refractivity contribution < 1.29 is 9.59 Å². The minimum atomic E-state index is -0.407. The third kappa shape index (κ3) is 4.73. The Morgan fingerprint density at radius 2 is 2.18 bits per heavy atom. The Balaban J connectivity index is 0.00000256. The number of nitrogens with two attached hydrogens (primary N) is 1. The number of thioether (sulfide) groups is 1. The van der Waals surface area contributed by atoms with Gasteiger partial charge in [-0.2, -0.15) is 0 Å². The van der Waals surface area contributed by atoms with Gasteiger partial charge in [-0.05, 0) is 12.8 Å². The molecular formula is C10H20ClN3O2S. The van der Waals surface area contributed by atoms with Gasteiger partial charge in [0.2, 0.25) is 5.91 Å². The molecule has 0 unspecified atom stereocenters. The van der Waals surface area contributed by atoms with E-state index in [0.717, 1.165) is 24.6 Å². The highest BCUT2D eigenvalue weighted by atomic mass is 35.5. The van der Waals surface area contributed by atoms with Gasteiger partial charge in [0.1, 0.15) is 6.04 Å². The lowest BCUT2D eigenvalue weighted by molar-refractivity contribution is -0.122. The SMILES string of the molecule is CCC(N)(CC)CNC(=O)[C@@H]1CSC(=O)N1.Cl. The zero-order valence-electron chi connectivity index (χ0n) is 10.1. The summed E-state index contributed by atoms with van der Waals surface area (Å²) in [7, 11) is 0. The van der Waals surface area contributed by atoms with Gasteiger partial charge in [-0.15, -0.1) is 12.4 Å². The Morgan fingerprint density at radius 3 is 2.59 bits per heavy atom.